The molecule has 1 aliphatic rings. The number of benzene rings is 1. The van der Waals surface area contributed by atoms with Gasteiger partial charge < -0.3 is 5.11 Å². The summed E-state index contributed by atoms with van der Waals surface area (Å²) in [4.78, 5) is 16.8. The molecule has 1 aromatic heterocycles. The lowest BCUT2D eigenvalue weighted by molar-refractivity contribution is 0.202. The zero-order chi connectivity index (χ0) is 11.8. The predicted octanol–water partition coefficient (Wildman–Crippen LogP) is 2.75. The Labute approximate surface area is 97.8 Å². The number of hydrogen-bond acceptors (Lipinski definition) is 2. The summed E-state index contributed by atoms with van der Waals surface area (Å²) in [5.41, 5.74) is 2.46. The monoisotopic (exact) mass is 226 g/mol. The topological polar surface area (TPSA) is 53.4 Å². The van der Waals surface area contributed by atoms with Crippen LogP contribution in [0.4, 0.5) is 10.5 Å². The van der Waals surface area contributed by atoms with Gasteiger partial charge in [0.05, 0.1) is 11.2 Å². The normalized spacial score (nSPS) is 13.8. The average molecular weight is 226 g/mol. The molecule has 84 valence electrons. The molecule has 0 fully saturated rings. The molecule has 4 nitrogen and oxygen atoms in total. The first-order valence-electron chi connectivity index (χ1n) is 5.32. The Kier molecular flexibility index (Phi) is 2.08. The summed E-state index contributed by atoms with van der Waals surface area (Å²) in [5, 5.41) is 10.1. The molecule has 1 amide bonds. The quantitative estimate of drug-likeness (QED) is 0.751. The second-order valence-electron chi connectivity index (χ2n) is 3.87. The van der Waals surface area contributed by atoms with Crippen LogP contribution in [0, 0.1) is 0 Å². The van der Waals surface area contributed by atoms with Gasteiger partial charge in [0, 0.05) is 18.1 Å². The number of carbonyl (C=O) groups is 1. The van der Waals surface area contributed by atoms with Gasteiger partial charge in [-0.05, 0) is 23.8 Å². The van der Waals surface area contributed by atoms with Crippen LogP contribution in [0.1, 0.15) is 5.56 Å². The zero-order valence-corrected chi connectivity index (χ0v) is 9.00. The van der Waals surface area contributed by atoms with E-state index in [1.54, 1.807) is 6.20 Å². The van der Waals surface area contributed by atoms with Crippen LogP contribution >= 0.6 is 0 Å². The molecule has 4 heteroatoms. The number of rotatable bonds is 0. The van der Waals surface area contributed by atoms with Gasteiger partial charge >= 0.3 is 6.09 Å². The standard InChI is InChI=1S/C13H10N2O2/c16-13(17)15-8-2-3-9-5-6-11-10(12(9)15)4-1-7-14-11/h1-7H,8H2,(H,16,17). The van der Waals surface area contributed by atoms with Crippen molar-refractivity contribution in [3.05, 3.63) is 42.1 Å². The molecule has 1 aromatic carbocycles. The van der Waals surface area contributed by atoms with Crippen molar-refractivity contribution in [1.29, 1.82) is 0 Å². The van der Waals surface area contributed by atoms with Crippen LogP contribution in [0.3, 0.4) is 0 Å². The Morgan fingerprint density at radius 1 is 1.35 bits per heavy atom. The first-order chi connectivity index (χ1) is 8.27. The van der Waals surface area contributed by atoms with Crippen molar-refractivity contribution in [2.45, 2.75) is 0 Å². The number of anilines is 1. The molecule has 0 aliphatic carbocycles. The smallest absolute Gasteiger partial charge is 0.412 e. The molecule has 2 heterocycles. The maximum atomic E-state index is 11.2. The molecule has 0 atom stereocenters. The Bertz CT molecular complexity index is 634. The van der Waals surface area contributed by atoms with E-state index in [-0.39, 0.29) is 0 Å². The number of aromatic nitrogens is 1. The van der Waals surface area contributed by atoms with E-state index in [0.717, 1.165) is 22.2 Å². The number of amides is 1. The summed E-state index contributed by atoms with van der Waals surface area (Å²) >= 11 is 0. The van der Waals surface area contributed by atoms with Crippen molar-refractivity contribution in [3.63, 3.8) is 0 Å². The highest BCUT2D eigenvalue weighted by atomic mass is 16.4. The summed E-state index contributed by atoms with van der Waals surface area (Å²) in [5.74, 6) is 0. The Hall–Kier alpha value is -2.36. The van der Waals surface area contributed by atoms with E-state index < -0.39 is 6.09 Å². The third-order valence-corrected chi connectivity index (χ3v) is 2.87. The van der Waals surface area contributed by atoms with Gasteiger partial charge in [0.25, 0.3) is 0 Å². The van der Waals surface area contributed by atoms with Crippen LogP contribution in [0.25, 0.3) is 17.0 Å². The van der Waals surface area contributed by atoms with Crippen LogP contribution in [0.15, 0.2) is 36.5 Å². The fourth-order valence-corrected chi connectivity index (χ4v) is 2.14. The van der Waals surface area contributed by atoms with Crippen LogP contribution in [-0.2, 0) is 0 Å². The highest BCUT2D eigenvalue weighted by Gasteiger charge is 2.21. The number of fused-ring (bicyclic) bond motifs is 3. The summed E-state index contributed by atoms with van der Waals surface area (Å²) in [7, 11) is 0. The third kappa shape index (κ3) is 1.45. The Morgan fingerprint density at radius 3 is 3.06 bits per heavy atom. The fraction of sp³-hybridized carbons (Fsp3) is 0.0769. The summed E-state index contributed by atoms with van der Waals surface area (Å²) in [6.45, 7) is 0.385. The van der Waals surface area contributed by atoms with Crippen molar-refractivity contribution >= 4 is 28.8 Å². The van der Waals surface area contributed by atoms with Gasteiger partial charge in [-0.15, -0.1) is 0 Å². The molecule has 17 heavy (non-hydrogen) atoms. The van der Waals surface area contributed by atoms with E-state index in [1.807, 2.05) is 36.4 Å². The molecule has 0 saturated carbocycles. The lowest BCUT2D eigenvalue weighted by Crippen LogP contribution is -2.31. The Morgan fingerprint density at radius 2 is 2.24 bits per heavy atom. The number of pyridine rings is 1. The van der Waals surface area contributed by atoms with E-state index in [2.05, 4.69) is 4.98 Å². The van der Waals surface area contributed by atoms with Crippen LogP contribution in [-0.4, -0.2) is 22.7 Å². The van der Waals surface area contributed by atoms with Crippen molar-refractivity contribution in [2.75, 3.05) is 11.4 Å². The maximum absolute atomic E-state index is 11.2. The molecular formula is C13H10N2O2. The molecule has 0 radical (unpaired) electrons. The van der Waals surface area contributed by atoms with Crippen LogP contribution < -0.4 is 4.90 Å². The van der Waals surface area contributed by atoms with Crippen molar-refractivity contribution in [2.24, 2.45) is 0 Å². The van der Waals surface area contributed by atoms with Crippen LogP contribution in [0.2, 0.25) is 0 Å². The van der Waals surface area contributed by atoms with Gasteiger partial charge in [-0.2, -0.15) is 0 Å². The number of hydrogen-bond donors (Lipinski definition) is 1. The fourth-order valence-electron chi connectivity index (χ4n) is 2.14. The van der Waals surface area contributed by atoms with E-state index in [4.69, 9.17) is 0 Å². The zero-order valence-electron chi connectivity index (χ0n) is 9.00. The van der Waals surface area contributed by atoms with Crippen molar-refractivity contribution in [3.8, 4) is 0 Å². The molecule has 2 aromatic rings. The summed E-state index contributed by atoms with van der Waals surface area (Å²) in [6, 6.07) is 7.53. The predicted molar refractivity (Wildman–Crippen MR) is 66.1 cm³/mol. The van der Waals surface area contributed by atoms with E-state index >= 15 is 0 Å². The van der Waals surface area contributed by atoms with E-state index in [9.17, 15) is 9.90 Å². The highest BCUT2D eigenvalue weighted by Crippen LogP contribution is 2.33. The summed E-state index contributed by atoms with van der Waals surface area (Å²) < 4.78 is 0. The Balaban J connectivity index is 2.36. The van der Waals surface area contributed by atoms with Gasteiger partial charge in [-0.25, -0.2) is 4.79 Å². The first kappa shape index (κ1) is 9.84. The minimum Gasteiger partial charge on any atom is -0.465 e. The maximum Gasteiger partial charge on any atom is 0.412 e. The molecular weight excluding hydrogens is 216 g/mol. The largest absolute Gasteiger partial charge is 0.465 e. The second-order valence-corrected chi connectivity index (χ2v) is 3.87. The molecule has 3 rings (SSSR count). The first-order valence-corrected chi connectivity index (χ1v) is 5.32. The molecule has 0 bridgehead atoms. The van der Waals surface area contributed by atoms with E-state index in [1.165, 1.54) is 4.90 Å². The molecule has 1 N–H and O–H groups in total. The van der Waals surface area contributed by atoms with Crippen LogP contribution in [0.5, 0.6) is 0 Å². The van der Waals surface area contributed by atoms with Gasteiger partial charge in [-0.1, -0.05) is 18.2 Å². The summed E-state index contributed by atoms with van der Waals surface area (Å²) in [6.07, 6.45) is 4.56. The van der Waals surface area contributed by atoms with Gasteiger partial charge in [0.2, 0.25) is 0 Å². The van der Waals surface area contributed by atoms with Gasteiger partial charge in [-0.3, -0.25) is 9.88 Å². The minimum absolute atomic E-state index is 0.385. The molecule has 0 unspecified atom stereocenters. The second kappa shape index (κ2) is 3.59. The van der Waals surface area contributed by atoms with Crippen molar-refractivity contribution in [1.82, 2.24) is 4.98 Å². The van der Waals surface area contributed by atoms with E-state index in [0.29, 0.717) is 6.54 Å². The number of carboxylic acid groups (broad SMARTS) is 1. The average Bonchev–Trinajstić information content (AvgIpc) is 2.37. The van der Waals surface area contributed by atoms with Crippen molar-refractivity contribution < 1.29 is 9.90 Å². The molecule has 0 spiro atoms. The van der Waals surface area contributed by atoms with Gasteiger partial charge in [0.1, 0.15) is 0 Å². The third-order valence-electron chi connectivity index (χ3n) is 2.87. The highest BCUT2D eigenvalue weighted by molar-refractivity contribution is 6.04. The number of nitrogens with zero attached hydrogens (tertiary/aromatic N) is 2. The van der Waals surface area contributed by atoms with Gasteiger partial charge in [0.15, 0.2) is 0 Å². The molecule has 0 saturated heterocycles. The molecule has 1 aliphatic heterocycles. The lowest BCUT2D eigenvalue weighted by atomic mass is 10.0. The lowest BCUT2D eigenvalue weighted by Gasteiger charge is -2.24. The minimum atomic E-state index is -0.938. The SMILES string of the molecule is O=C(O)N1CC=Cc2ccc3ncccc3c21.